The van der Waals surface area contributed by atoms with Crippen LogP contribution in [0.5, 0.6) is 0 Å². The van der Waals surface area contributed by atoms with E-state index < -0.39 is 50.0 Å². The molecule has 0 saturated heterocycles. The van der Waals surface area contributed by atoms with Crippen LogP contribution in [0.25, 0.3) is 0 Å². The number of carbonyl (C=O) groups is 1. The highest BCUT2D eigenvalue weighted by Crippen LogP contribution is 2.44. The maximum Gasteiger partial charge on any atom is 0.255 e. The van der Waals surface area contributed by atoms with Gasteiger partial charge in [-0.05, 0) is 49.8 Å². The molecule has 3 rings (SSSR count). The summed E-state index contributed by atoms with van der Waals surface area (Å²) in [5.41, 5.74) is -1.66. The first-order valence-corrected chi connectivity index (χ1v) is 14.2. The number of amides is 1. The molecule has 4 N–H and O–H groups in total. The second-order valence-corrected chi connectivity index (χ2v) is 12.6. The quantitative estimate of drug-likeness (QED) is 0.331. The fourth-order valence-electron chi connectivity index (χ4n) is 4.99. The molecule has 1 amide bonds. The SMILES string of the molecule is CCC1C[C@@H](S(=O)(=O)c2cc(C(=O)Nc3cc(F)c(F)c(F)c3)ccc2Cl)C[C@H](C)[C@@]1(O)CNC(C)CO. The Labute approximate surface area is 225 Å². The monoisotopic (exact) mass is 576 g/mol. The Kier molecular flexibility index (Phi) is 9.52. The Balaban J connectivity index is 1.86. The normalized spacial score (nSPS) is 24.7. The molecule has 0 bridgehead atoms. The van der Waals surface area contributed by atoms with Crippen LogP contribution >= 0.6 is 11.6 Å². The van der Waals surface area contributed by atoms with Crippen molar-refractivity contribution >= 4 is 33.0 Å². The van der Waals surface area contributed by atoms with Gasteiger partial charge in [-0.1, -0.05) is 31.9 Å². The van der Waals surface area contributed by atoms with Gasteiger partial charge in [0, 0.05) is 36.0 Å². The lowest BCUT2D eigenvalue weighted by atomic mass is 9.67. The van der Waals surface area contributed by atoms with Crippen LogP contribution < -0.4 is 10.6 Å². The number of hydrogen-bond donors (Lipinski definition) is 4. The third-order valence-electron chi connectivity index (χ3n) is 7.40. The Morgan fingerprint density at radius 1 is 1.18 bits per heavy atom. The molecule has 0 aromatic heterocycles. The first-order valence-electron chi connectivity index (χ1n) is 12.3. The zero-order valence-electron chi connectivity index (χ0n) is 21.3. The van der Waals surface area contributed by atoms with Crippen LogP contribution in [0, 0.1) is 29.3 Å². The number of halogens is 4. The van der Waals surface area contributed by atoms with Gasteiger partial charge < -0.3 is 20.8 Å². The van der Waals surface area contributed by atoms with E-state index in [0.29, 0.717) is 18.6 Å². The minimum absolute atomic E-state index is 0.0969. The lowest BCUT2D eigenvalue weighted by molar-refractivity contribution is -0.0881. The van der Waals surface area contributed by atoms with E-state index >= 15 is 0 Å². The number of hydrogen-bond acceptors (Lipinski definition) is 6. The van der Waals surface area contributed by atoms with Crippen molar-refractivity contribution in [1.29, 1.82) is 0 Å². The van der Waals surface area contributed by atoms with E-state index in [0.717, 1.165) is 6.07 Å². The predicted octanol–water partition coefficient (Wildman–Crippen LogP) is 4.31. The van der Waals surface area contributed by atoms with Gasteiger partial charge in [0.1, 0.15) is 0 Å². The van der Waals surface area contributed by atoms with Crippen molar-refractivity contribution in [2.45, 2.75) is 61.8 Å². The van der Waals surface area contributed by atoms with Gasteiger partial charge in [0.2, 0.25) is 0 Å². The van der Waals surface area contributed by atoms with Crippen molar-refractivity contribution < 1.29 is 36.6 Å². The number of nitrogens with one attached hydrogen (secondary N) is 2. The maximum absolute atomic E-state index is 13.7. The van der Waals surface area contributed by atoms with Crippen LogP contribution in [-0.2, 0) is 9.84 Å². The highest BCUT2D eigenvalue weighted by atomic mass is 35.5. The number of benzene rings is 2. The molecule has 7 nitrogen and oxygen atoms in total. The van der Waals surface area contributed by atoms with Crippen molar-refractivity contribution in [2.24, 2.45) is 11.8 Å². The Morgan fingerprint density at radius 3 is 2.39 bits per heavy atom. The molecule has 1 aliphatic carbocycles. The minimum atomic E-state index is -4.06. The van der Waals surface area contributed by atoms with Gasteiger partial charge in [0.25, 0.3) is 5.91 Å². The second-order valence-electron chi connectivity index (χ2n) is 9.95. The van der Waals surface area contributed by atoms with Gasteiger partial charge in [0.15, 0.2) is 27.3 Å². The molecule has 0 heterocycles. The number of aliphatic hydroxyl groups excluding tert-OH is 1. The van der Waals surface area contributed by atoms with Gasteiger partial charge in [-0.2, -0.15) is 0 Å². The van der Waals surface area contributed by atoms with Crippen molar-refractivity contribution in [1.82, 2.24) is 5.32 Å². The summed E-state index contributed by atoms with van der Waals surface area (Å²) < 4.78 is 67.7. The van der Waals surface area contributed by atoms with E-state index in [4.69, 9.17) is 11.6 Å². The molecular weight excluding hydrogens is 545 g/mol. The zero-order valence-corrected chi connectivity index (χ0v) is 22.8. The molecule has 0 aliphatic heterocycles. The third-order valence-corrected chi connectivity index (χ3v) is 10.1. The van der Waals surface area contributed by atoms with Gasteiger partial charge >= 0.3 is 0 Å². The molecule has 1 fully saturated rings. The van der Waals surface area contributed by atoms with Gasteiger partial charge in [-0.25, -0.2) is 21.6 Å². The summed E-state index contributed by atoms with van der Waals surface area (Å²) in [6.45, 7) is 5.51. The lowest BCUT2D eigenvalue weighted by Gasteiger charge is -2.47. The molecule has 12 heteroatoms. The van der Waals surface area contributed by atoms with E-state index in [-0.39, 0.29) is 59.1 Å². The van der Waals surface area contributed by atoms with Crippen LogP contribution in [0.15, 0.2) is 35.2 Å². The predicted molar refractivity (Wildman–Crippen MR) is 138 cm³/mol. The largest absolute Gasteiger partial charge is 0.395 e. The van der Waals surface area contributed by atoms with Crippen LogP contribution in [0.1, 0.15) is 50.4 Å². The molecule has 0 radical (unpaired) electrons. The summed E-state index contributed by atoms with van der Waals surface area (Å²) in [4.78, 5) is 12.5. The summed E-state index contributed by atoms with van der Waals surface area (Å²) >= 11 is 6.25. The highest BCUT2D eigenvalue weighted by molar-refractivity contribution is 7.92. The van der Waals surface area contributed by atoms with E-state index in [9.17, 15) is 36.6 Å². The van der Waals surface area contributed by atoms with Crippen molar-refractivity contribution in [3.63, 3.8) is 0 Å². The number of sulfone groups is 1. The fraction of sp³-hybridized carbons (Fsp3) is 0.500. The Hall–Kier alpha value is -2.18. The summed E-state index contributed by atoms with van der Waals surface area (Å²) in [6.07, 6.45) is 0.824. The topological polar surface area (TPSA) is 116 Å². The summed E-state index contributed by atoms with van der Waals surface area (Å²) in [6, 6.07) is 4.58. The number of aliphatic hydroxyl groups is 2. The summed E-state index contributed by atoms with van der Waals surface area (Å²) in [5, 5.41) is 25.1. The number of rotatable bonds is 9. The molecule has 2 unspecified atom stereocenters. The second kappa shape index (κ2) is 11.9. The molecule has 210 valence electrons. The van der Waals surface area contributed by atoms with Gasteiger partial charge in [-0.15, -0.1) is 0 Å². The highest BCUT2D eigenvalue weighted by Gasteiger charge is 2.49. The molecule has 38 heavy (non-hydrogen) atoms. The molecule has 2 aromatic rings. The Bertz CT molecular complexity index is 1270. The molecule has 1 aliphatic rings. The van der Waals surface area contributed by atoms with Crippen LogP contribution in [-0.4, -0.2) is 54.6 Å². The average molecular weight is 577 g/mol. The van der Waals surface area contributed by atoms with E-state index in [1.165, 1.54) is 12.1 Å². The van der Waals surface area contributed by atoms with Crippen molar-refractivity contribution in [3.05, 3.63) is 58.4 Å². The molecule has 1 saturated carbocycles. The number of carbonyl (C=O) groups excluding carboxylic acids is 1. The van der Waals surface area contributed by atoms with Gasteiger partial charge in [0.05, 0.1) is 27.4 Å². The summed E-state index contributed by atoms with van der Waals surface area (Å²) in [5.74, 6) is -6.30. The molecular formula is C26H32ClF3N2O5S. The van der Waals surface area contributed by atoms with E-state index in [1.54, 1.807) is 13.8 Å². The number of anilines is 1. The summed E-state index contributed by atoms with van der Waals surface area (Å²) in [7, 11) is -4.06. The van der Waals surface area contributed by atoms with E-state index in [1.807, 2.05) is 6.92 Å². The van der Waals surface area contributed by atoms with Crippen molar-refractivity contribution in [3.8, 4) is 0 Å². The smallest absolute Gasteiger partial charge is 0.255 e. The lowest BCUT2D eigenvalue weighted by Crippen LogP contribution is -2.58. The van der Waals surface area contributed by atoms with Crippen LogP contribution in [0.2, 0.25) is 5.02 Å². The van der Waals surface area contributed by atoms with Gasteiger partial charge in [-0.3, -0.25) is 4.79 Å². The van der Waals surface area contributed by atoms with Crippen LogP contribution in [0.3, 0.4) is 0 Å². The minimum Gasteiger partial charge on any atom is -0.395 e. The standard InChI is InChI=1S/C26H32ClF3N2O5S/c1-4-17-9-19(7-14(2)26(17,35)13-31-15(3)12-33)38(36,37)23-8-16(5-6-20(23)27)25(34)32-18-10-21(28)24(30)22(29)11-18/h5-6,8,10-11,14-15,17,19,31,33,35H,4,7,9,12-13H2,1-3H3,(H,32,34)/t14-,15?,17?,19-,26-/m0/s1. The van der Waals surface area contributed by atoms with E-state index in [2.05, 4.69) is 10.6 Å². The molecule has 0 spiro atoms. The first kappa shape index (κ1) is 30.4. The zero-order chi connectivity index (χ0) is 28.4. The maximum atomic E-state index is 13.7. The van der Waals surface area contributed by atoms with Crippen LogP contribution in [0.4, 0.5) is 18.9 Å². The molecule has 5 atom stereocenters. The Morgan fingerprint density at radius 2 is 1.82 bits per heavy atom. The van der Waals surface area contributed by atoms with Crippen molar-refractivity contribution in [2.75, 3.05) is 18.5 Å². The first-order chi connectivity index (χ1) is 17.7. The average Bonchev–Trinajstić information content (AvgIpc) is 2.87. The molecule has 2 aromatic carbocycles. The third kappa shape index (κ3) is 6.17. The fourth-order valence-corrected chi connectivity index (χ4v) is 7.44.